The third kappa shape index (κ3) is 2.17. The molecular formula is C13H8Cl2N2S. The summed E-state index contributed by atoms with van der Waals surface area (Å²) >= 11 is 13.5. The summed E-state index contributed by atoms with van der Waals surface area (Å²) in [5.74, 6) is 0. The van der Waals surface area contributed by atoms with Crippen LogP contribution in [0.1, 0.15) is 0 Å². The molecule has 0 amide bonds. The molecule has 3 aromatic rings. The molecule has 0 fully saturated rings. The van der Waals surface area contributed by atoms with Crippen molar-refractivity contribution in [3.8, 4) is 21.8 Å². The Labute approximate surface area is 118 Å². The molecule has 1 N–H and O–H groups in total. The van der Waals surface area contributed by atoms with Crippen molar-refractivity contribution in [3.05, 3.63) is 51.8 Å². The van der Waals surface area contributed by atoms with Gasteiger partial charge in [-0.3, -0.25) is 5.10 Å². The summed E-state index contributed by atoms with van der Waals surface area (Å²) in [6, 6.07) is 11.5. The topological polar surface area (TPSA) is 28.7 Å². The minimum atomic E-state index is 0.718. The summed E-state index contributed by atoms with van der Waals surface area (Å²) in [6.07, 6.45) is 0. The van der Waals surface area contributed by atoms with Crippen LogP contribution < -0.4 is 0 Å². The number of hydrogen-bond acceptors (Lipinski definition) is 2. The van der Waals surface area contributed by atoms with E-state index in [4.69, 9.17) is 23.2 Å². The third-order valence-electron chi connectivity index (χ3n) is 2.58. The molecule has 3 rings (SSSR count). The molecule has 2 nitrogen and oxygen atoms in total. The van der Waals surface area contributed by atoms with Gasteiger partial charge in [-0.2, -0.15) is 5.10 Å². The number of nitrogens with one attached hydrogen (secondary N) is 1. The van der Waals surface area contributed by atoms with E-state index in [0.29, 0.717) is 0 Å². The summed E-state index contributed by atoms with van der Waals surface area (Å²) in [4.78, 5) is 1.00. The van der Waals surface area contributed by atoms with Crippen LogP contribution in [0.25, 0.3) is 21.8 Å². The van der Waals surface area contributed by atoms with Crippen molar-refractivity contribution in [1.29, 1.82) is 0 Å². The fraction of sp³-hybridized carbons (Fsp3) is 0. The van der Waals surface area contributed by atoms with Gasteiger partial charge in [0.1, 0.15) is 0 Å². The number of hydrogen-bond donors (Lipinski definition) is 1. The van der Waals surface area contributed by atoms with Crippen LogP contribution in [-0.2, 0) is 0 Å². The van der Waals surface area contributed by atoms with Crippen molar-refractivity contribution >= 4 is 34.5 Å². The Morgan fingerprint density at radius 2 is 1.83 bits per heavy atom. The van der Waals surface area contributed by atoms with E-state index in [1.807, 2.05) is 41.8 Å². The molecule has 0 saturated heterocycles. The number of aromatic amines is 1. The van der Waals surface area contributed by atoms with E-state index in [1.165, 1.54) is 0 Å². The number of nitrogens with zero attached hydrogens (tertiary/aromatic N) is 1. The van der Waals surface area contributed by atoms with Gasteiger partial charge < -0.3 is 0 Å². The van der Waals surface area contributed by atoms with Crippen LogP contribution in [0.15, 0.2) is 41.8 Å². The summed E-state index contributed by atoms with van der Waals surface area (Å²) in [6.45, 7) is 0. The van der Waals surface area contributed by atoms with Gasteiger partial charge in [0.25, 0.3) is 0 Å². The van der Waals surface area contributed by atoms with Crippen LogP contribution in [0.3, 0.4) is 0 Å². The summed E-state index contributed by atoms with van der Waals surface area (Å²) in [5, 5.41) is 10.7. The van der Waals surface area contributed by atoms with Crippen LogP contribution in [0, 0.1) is 0 Å². The molecular weight excluding hydrogens is 287 g/mol. The maximum atomic E-state index is 6.10. The predicted molar refractivity (Wildman–Crippen MR) is 77.4 cm³/mol. The van der Waals surface area contributed by atoms with Crippen molar-refractivity contribution in [2.45, 2.75) is 0 Å². The number of halogens is 2. The maximum Gasteiger partial charge on any atom is 0.0927 e. The molecule has 0 aliphatic carbocycles. The molecule has 90 valence electrons. The third-order valence-corrected chi connectivity index (χ3v) is 4.21. The molecule has 0 radical (unpaired) electrons. The highest BCUT2D eigenvalue weighted by Crippen LogP contribution is 2.33. The first kappa shape index (κ1) is 11.8. The molecule has 0 saturated carbocycles. The van der Waals surface area contributed by atoms with E-state index in [0.717, 1.165) is 31.9 Å². The summed E-state index contributed by atoms with van der Waals surface area (Å²) in [5.41, 5.74) is 2.83. The van der Waals surface area contributed by atoms with Crippen molar-refractivity contribution in [2.75, 3.05) is 0 Å². The highest BCUT2D eigenvalue weighted by atomic mass is 35.5. The lowest BCUT2D eigenvalue weighted by Crippen LogP contribution is -1.76. The predicted octanol–water partition coefficient (Wildman–Crippen LogP) is 5.11. The number of benzene rings is 1. The SMILES string of the molecule is Clc1ccc(-c2cc(-c3sccc3Cl)[nH]n2)cc1. The second kappa shape index (κ2) is 4.76. The van der Waals surface area contributed by atoms with Crippen LogP contribution in [0.4, 0.5) is 0 Å². The zero-order valence-corrected chi connectivity index (χ0v) is 11.5. The summed E-state index contributed by atoms with van der Waals surface area (Å²) < 4.78 is 0. The van der Waals surface area contributed by atoms with E-state index in [9.17, 15) is 0 Å². The van der Waals surface area contributed by atoms with E-state index in [-0.39, 0.29) is 0 Å². The molecule has 5 heteroatoms. The van der Waals surface area contributed by atoms with Crippen molar-refractivity contribution in [2.24, 2.45) is 0 Å². The second-order valence-corrected chi connectivity index (χ2v) is 5.53. The fourth-order valence-electron chi connectivity index (χ4n) is 1.69. The Hall–Kier alpha value is -1.29. The van der Waals surface area contributed by atoms with Gasteiger partial charge in [0.05, 0.1) is 21.3 Å². The zero-order valence-electron chi connectivity index (χ0n) is 9.15. The molecule has 0 bridgehead atoms. The first-order valence-electron chi connectivity index (χ1n) is 5.29. The Balaban J connectivity index is 1.99. The lowest BCUT2D eigenvalue weighted by molar-refractivity contribution is 1.10. The van der Waals surface area contributed by atoms with Gasteiger partial charge >= 0.3 is 0 Å². The highest BCUT2D eigenvalue weighted by Gasteiger charge is 2.09. The van der Waals surface area contributed by atoms with Gasteiger partial charge in [-0.05, 0) is 29.6 Å². The lowest BCUT2D eigenvalue weighted by atomic mass is 10.1. The molecule has 0 aliphatic rings. The molecule has 0 aliphatic heterocycles. The monoisotopic (exact) mass is 294 g/mol. The van der Waals surface area contributed by atoms with Gasteiger partial charge in [-0.25, -0.2) is 0 Å². The zero-order chi connectivity index (χ0) is 12.5. The molecule has 2 heterocycles. The minimum absolute atomic E-state index is 0.718. The maximum absolute atomic E-state index is 6.10. The molecule has 1 aromatic carbocycles. The average molecular weight is 295 g/mol. The number of rotatable bonds is 2. The van der Waals surface area contributed by atoms with E-state index in [1.54, 1.807) is 11.3 Å². The number of H-pyrrole nitrogens is 1. The normalized spacial score (nSPS) is 10.8. The van der Waals surface area contributed by atoms with Gasteiger partial charge in [-0.1, -0.05) is 35.3 Å². The first-order valence-corrected chi connectivity index (χ1v) is 6.92. The fourth-order valence-corrected chi connectivity index (χ4v) is 2.94. The van der Waals surface area contributed by atoms with Crippen molar-refractivity contribution in [1.82, 2.24) is 10.2 Å². The molecule has 0 spiro atoms. The van der Waals surface area contributed by atoms with Crippen molar-refractivity contribution in [3.63, 3.8) is 0 Å². The van der Waals surface area contributed by atoms with E-state index in [2.05, 4.69) is 10.2 Å². The Bertz CT molecular complexity index is 670. The standard InChI is InChI=1S/C13H8Cl2N2S/c14-9-3-1-8(2-4-9)11-7-12(17-16-11)13-10(15)5-6-18-13/h1-7H,(H,16,17). The number of thiophene rings is 1. The highest BCUT2D eigenvalue weighted by molar-refractivity contribution is 7.14. The van der Waals surface area contributed by atoms with Gasteiger partial charge in [-0.15, -0.1) is 11.3 Å². The minimum Gasteiger partial charge on any atom is -0.276 e. The van der Waals surface area contributed by atoms with Crippen LogP contribution in [-0.4, -0.2) is 10.2 Å². The van der Waals surface area contributed by atoms with E-state index >= 15 is 0 Å². The summed E-state index contributed by atoms with van der Waals surface area (Å²) in [7, 11) is 0. The quantitative estimate of drug-likeness (QED) is 0.699. The second-order valence-electron chi connectivity index (χ2n) is 3.77. The number of aromatic nitrogens is 2. The molecule has 0 unspecified atom stereocenters. The van der Waals surface area contributed by atoms with Crippen molar-refractivity contribution < 1.29 is 0 Å². The largest absolute Gasteiger partial charge is 0.276 e. The van der Waals surface area contributed by atoms with Gasteiger partial charge in [0.2, 0.25) is 0 Å². The molecule has 18 heavy (non-hydrogen) atoms. The Morgan fingerprint density at radius 3 is 2.50 bits per heavy atom. The van der Waals surface area contributed by atoms with Crippen LogP contribution in [0.2, 0.25) is 10.0 Å². The molecule has 0 atom stereocenters. The van der Waals surface area contributed by atoms with Gasteiger partial charge in [0.15, 0.2) is 0 Å². The Kier molecular flexibility index (Phi) is 3.12. The van der Waals surface area contributed by atoms with Crippen LogP contribution >= 0.6 is 34.5 Å². The smallest absolute Gasteiger partial charge is 0.0927 e. The lowest BCUT2D eigenvalue weighted by Gasteiger charge is -1.95. The van der Waals surface area contributed by atoms with Crippen LogP contribution in [0.5, 0.6) is 0 Å². The van der Waals surface area contributed by atoms with Gasteiger partial charge in [0, 0.05) is 10.6 Å². The Morgan fingerprint density at radius 1 is 1.06 bits per heavy atom. The first-order chi connectivity index (χ1) is 8.74. The molecule has 2 aromatic heterocycles. The van der Waals surface area contributed by atoms with E-state index < -0.39 is 0 Å². The average Bonchev–Trinajstić information content (AvgIpc) is 2.98.